The molecule has 0 radical (unpaired) electrons. The molecule has 1 saturated heterocycles. The molecule has 0 bridgehead atoms. The Labute approximate surface area is 427 Å². The van der Waals surface area contributed by atoms with Crippen LogP contribution in [-0.4, -0.2) is 119 Å². The first-order chi connectivity index (χ1) is 34.2. The Balaban J connectivity index is 1.06. The Morgan fingerprint density at radius 2 is 1.32 bits per heavy atom. The fourth-order valence-electron chi connectivity index (χ4n) is 10.4. The Hall–Kier alpha value is -5.45. The van der Waals surface area contributed by atoms with E-state index in [2.05, 4.69) is 65.8 Å². The van der Waals surface area contributed by atoms with Gasteiger partial charge in [-0.15, -0.1) is 0 Å². The molecule has 7 rings (SSSR count). The van der Waals surface area contributed by atoms with Gasteiger partial charge >= 0.3 is 6.09 Å². The fourth-order valence-corrected chi connectivity index (χ4v) is 11.4. The number of hydrogen-bond acceptors (Lipinski definition) is 12. The van der Waals surface area contributed by atoms with Crippen molar-refractivity contribution >= 4 is 35.2 Å². The van der Waals surface area contributed by atoms with E-state index in [0.29, 0.717) is 89.4 Å². The number of hydrogen-bond donors (Lipinski definition) is 3. The number of fused-ring (bicyclic) bond motifs is 6. The lowest BCUT2D eigenvalue weighted by molar-refractivity contribution is -0.141. The molecule has 2 aromatic carbocycles. The largest absolute Gasteiger partial charge is 0.508 e. The zero-order valence-electron chi connectivity index (χ0n) is 43.5. The van der Waals surface area contributed by atoms with Gasteiger partial charge in [-0.2, -0.15) is 0 Å². The second kappa shape index (κ2) is 23.2. The lowest BCUT2D eigenvalue weighted by Gasteiger charge is -2.41. The van der Waals surface area contributed by atoms with Crippen molar-refractivity contribution in [3.8, 4) is 23.0 Å². The molecule has 0 aliphatic carbocycles. The number of phenolic OH excluding ortho intramolecular Hbond substituents is 1. The lowest BCUT2D eigenvalue weighted by Crippen LogP contribution is -2.49. The van der Waals surface area contributed by atoms with Gasteiger partial charge in [-0.25, -0.2) is 4.79 Å². The molecule has 72 heavy (non-hydrogen) atoms. The van der Waals surface area contributed by atoms with Crippen LogP contribution in [0.15, 0.2) is 58.7 Å². The van der Waals surface area contributed by atoms with E-state index in [4.69, 9.17) is 18.9 Å². The van der Waals surface area contributed by atoms with E-state index in [1.54, 1.807) is 11.0 Å². The number of aromatic hydroxyl groups is 1. The van der Waals surface area contributed by atoms with Crippen molar-refractivity contribution in [1.82, 2.24) is 14.7 Å². The van der Waals surface area contributed by atoms with Gasteiger partial charge in [-0.05, 0) is 125 Å². The summed E-state index contributed by atoms with van der Waals surface area (Å²) in [6.07, 6.45) is 12.1. The second-order valence-electron chi connectivity index (χ2n) is 21.2. The van der Waals surface area contributed by atoms with Gasteiger partial charge in [0.15, 0.2) is 6.23 Å². The van der Waals surface area contributed by atoms with E-state index in [0.717, 1.165) is 25.7 Å². The number of benzene rings is 2. The molecule has 5 aliphatic rings. The van der Waals surface area contributed by atoms with Crippen LogP contribution in [-0.2, 0) is 46.3 Å². The van der Waals surface area contributed by atoms with Crippen LogP contribution in [0.2, 0.25) is 0 Å². The van der Waals surface area contributed by atoms with Crippen LogP contribution in [0.4, 0.5) is 4.79 Å². The van der Waals surface area contributed by atoms with E-state index < -0.39 is 52.4 Å². The molecule has 0 saturated carbocycles. The minimum absolute atomic E-state index is 0.0368. The van der Waals surface area contributed by atoms with Gasteiger partial charge in [0, 0.05) is 83.5 Å². The quantitative estimate of drug-likeness (QED) is 0.0844. The van der Waals surface area contributed by atoms with Crippen LogP contribution in [0.5, 0.6) is 23.0 Å². The van der Waals surface area contributed by atoms with Crippen molar-refractivity contribution < 1.29 is 57.7 Å². The third-order valence-corrected chi connectivity index (χ3v) is 16.3. The molecule has 5 atom stereocenters. The maximum atomic E-state index is 14.3. The molecule has 3 amide bonds. The standard InChI is InChI=1S/C56H75N3O12S/c1-35(2)14-9-16-37(5)18-11-21-55(7)47(62)30-41-45(61)28-39-44(50(41)70-55)33-59(53(39)65)49(68-34-60)20-13-23-58-32-43-40(52(58)64)29-46(69-54(66)57-24-26-72(67)27-25-57)42-31-48(63)56(8,71-51(42)43)22-12-19-38(6)17-10-15-36(3)4/h14-15,18-19,28-29,34,47-49,61-63H,9-13,16-17,20-27,30-33H2,1-8H3/b37-18+,38-19+/t47-,48-,49+,55+,56+/m0/s1. The number of nitrogens with zero attached hydrogens (tertiary/aromatic N) is 3. The van der Waals surface area contributed by atoms with Gasteiger partial charge in [0.1, 0.15) is 34.2 Å². The van der Waals surface area contributed by atoms with Crippen LogP contribution in [0.1, 0.15) is 163 Å². The van der Waals surface area contributed by atoms with E-state index in [-0.39, 0.29) is 75.0 Å². The summed E-state index contributed by atoms with van der Waals surface area (Å²) in [5.41, 5.74) is 5.63. The number of amides is 3. The number of rotatable bonds is 20. The molecule has 392 valence electrons. The van der Waals surface area contributed by atoms with Crippen molar-refractivity contribution in [2.75, 3.05) is 31.1 Å². The Morgan fingerprint density at radius 1 is 0.778 bits per heavy atom. The monoisotopic (exact) mass is 1010 g/mol. The van der Waals surface area contributed by atoms with Crippen LogP contribution in [0.25, 0.3) is 0 Å². The van der Waals surface area contributed by atoms with Crippen molar-refractivity contribution in [2.45, 2.75) is 175 Å². The van der Waals surface area contributed by atoms with Crippen LogP contribution < -0.4 is 14.2 Å². The first-order valence-electron chi connectivity index (χ1n) is 25.6. The minimum Gasteiger partial charge on any atom is -0.508 e. The summed E-state index contributed by atoms with van der Waals surface area (Å²) >= 11 is 0. The summed E-state index contributed by atoms with van der Waals surface area (Å²) in [7, 11) is -1.02. The van der Waals surface area contributed by atoms with Gasteiger partial charge in [-0.1, -0.05) is 46.6 Å². The highest BCUT2D eigenvalue weighted by atomic mass is 32.2. The average molecular weight is 1010 g/mol. The molecule has 5 heterocycles. The molecule has 16 heteroatoms. The highest BCUT2D eigenvalue weighted by molar-refractivity contribution is 7.85. The predicted octanol–water partition coefficient (Wildman–Crippen LogP) is 8.90. The number of allylic oxidation sites excluding steroid dienone is 8. The van der Waals surface area contributed by atoms with E-state index in [9.17, 15) is 38.7 Å². The predicted molar refractivity (Wildman–Crippen MR) is 276 cm³/mol. The number of aliphatic hydroxyl groups excluding tert-OH is 2. The second-order valence-corrected chi connectivity index (χ2v) is 22.9. The highest BCUT2D eigenvalue weighted by Gasteiger charge is 2.47. The molecule has 5 aliphatic heterocycles. The lowest BCUT2D eigenvalue weighted by atomic mass is 9.84. The highest BCUT2D eigenvalue weighted by Crippen LogP contribution is 2.49. The zero-order chi connectivity index (χ0) is 52.1. The van der Waals surface area contributed by atoms with Crippen molar-refractivity contribution in [1.29, 1.82) is 0 Å². The number of phenols is 1. The molecule has 2 aromatic rings. The zero-order valence-corrected chi connectivity index (χ0v) is 44.3. The first kappa shape index (κ1) is 54.3. The summed E-state index contributed by atoms with van der Waals surface area (Å²) < 4.78 is 37.0. The number of carbonyl (C=O) groups excluding carboxylic acids is 4. The van der Waals surface area contributed by atoms with Gasteiger partial charge in [0.2, 0.25) is 0 Å². The van der Waals surface area contributed by atoms with Gasteiger partial charge in [0.05, 0.1) is 36.4 Å². The SMILES string of the molecule is CC(C)=CCC/C(C)=C/CC[C@@]1(C)Oc2c(c(O)cc3c2CN([C@@H](CCCN2Cc4c(cc(OC(=O)N5CCS(=O)CC5)c5c4O[C@](C)(CC/C=C(\C)CCC=C(C)C)[C@@H](O)C5)C2=O)OC=O)C3=O)C[C@@H]1O. The van der Waals surface area contributed by atoms with Crippen LogP contribution >= 0.6 is 0 Å². The summed E-state index contributed by atoms with van der Waals surface area (Å²) in [6, 6.07) is 2.95. The molecule has 0 unspecified atom stereocenters. The Kier molecular flexibility index (Phi) is 17.5. The molecule has 15 nitrogen and oxygen atoms in total. The topological polar surface area (TPSA) is 193 Å². The molecular formula is C56H75N3O12S. The molecular weight excluding hydrogens is 939 g/mol. The van der Waals surface area contributed by atoms with Crippen molar-refractivity contribution in [2.24, 2.45) is 0 Å². The van der Waals surface area contributed by atoms with Crippen LogP contribution in [0, 0.1) is 0 Å². The van der Waals surface area contributed by atoms with Gasteiger partial charge < -0.3 is 44.1 Å². The number of aliphatic hydroxyl groups is 2. The van der Waals surface area contributed by atoms with Crippen LogP contribution in [0.3, 0.4) is 0 Å². The summed E-state index contributed by atoms with van der Waals surface area (Å²) in [5, 5.41) is 34.2. The third-order valence-electron chi connectivity index (χ3n) is 15.0. The first-order valence-corrected chi connectivity index (χ1v) is 27.1. The molecule has 1 fully saturated rings. The van der Waals surface area contributed by atoms with Crippen molar-refractivity contribution in [3.05, 3.63) is 92.1 Å². The Morgan fingerprint density at radius 3 is 1.89 bits per heavy atom. The number of carbonyl (C=O) groups is 4. The summed E-state index contributed by atoms with van der Waals surface area (Å²) in [4.78, 5) is 58.6. The molecule has 0 aromatic heterocycles. The maximum absolute atomic E-state index is 14.3. The van der Waals surface area contributed by atoms with Crippen molar-refractivity contribution in [3.63, 3.8) is 0 Å². The molecule has 3 N–H and O–H groups in total. The summed E-state index contributed by atoms with van der Waals surface area (Å²) in [6.45, 7) is 17.5. The minimum atomic E-state index is -1.02. The number of ether oxygens (including phenoxy) is 4. The van der Waals surface area contributed by atoms with Gasteiger partial charge in [-0.3, -0.25) is 23.5 Å². The average Bonchev–Trinajstić information content (AvgIpc) is 3.81. The van der Waals surface area contributed by atoms with Gasteiger partial charge in [0.25, 0.3) is 18.3 Å². The molecule has 0 spiro atoms. The normalized spacial score (nSPS) is 23.3. The van der Waals surface area contributed by atoms with E-state index in [1.807, 2.05) is 13.8 Å². The third kappa shape index (κ3) is 12.3. The van der Waals surface area contributed by atoms with E-state index in [1.165, 1.54) is 38.2 Å². The smallest absolute Gasteiger partial charge is 0.415 e. The maximum Gasteiger partial charge on any atom is 0.415 e. The summed E-state index contributed by atoms with van der Waals surface area (Å²) in [5.74, 6) is 0.646. The fraction of sp³-hybridized carbons (Fsp3) is 0.571. The Bertz CT molecular complexity index is 2550. The van der Waals surface area contributed by atoms with E-state index >= 15 is 0 Å².